The van der Waals surface area contributed by atoms with Gasteiger partial charge in [-0.2, -0.15) is 0 Å². The minimum absolute atomic E-state index is 0.00583. The van der Waals surface area contributed by atoms with Crippen LogP contribution in [0.2, 0.25) is 0 Å². The predicted octanol–water partition coefficient (Wildman–Crippen LogP) is 1.07. The van der Waals surface area contributed by atoms with Gasteiger partial charge < -0.3 is 10.1 Å². The summed E-state index contributed by atoms with van der Waals surface area (Å²) in [5, 5.41) is 3.21. The monoisotopic (exact) mass is 268 g/mol. The Morgan fingerprint density at radius 1 is 1.26 bits per heavy atom. The molecule has 1 saturated heterocycles. The second-order valence-electron chi connectivity index (χ2n) is 5.45. The molecule has 108 valence electrons. The molecule has 2 aliphatic rings. The molecule has 2 rings (SSSR count). The fourth-order valence-electron chi connectivity index (χ4n) is 3.00. The Kier molecular flexibility index (Phi) is 5.34. The van der Waals surface area contributed by atoms with Crippen molar-refractivity contribution in [1.82, 2.24) is 10.2 Å². The number of nitrogens with zero attached hydrogens (tertiary/aromatic N) is 1. The molecule has 0 aromatic heterocycles. The van der Waals surface area contributed by atoms with Gasteiger partial charge in [-0.3, -0.25) is 14.5 Å². The molecule has 0 radical (unpaired) electrons. The Morgan fingerprint density at radius 3 is 2.68 bits per heavy atom. The van der Waals surface area contributed by atoms with Crippen molar-refractivity contribution in [3.05, 3.63) is 0 Å². The van der Waals surface area contributed by atoms with Gasteiger partial charge >= 0.3 is 0 Å². The molecule has 0 spiro atoms. The smallest absolute Gasteiger partial charge is 0.247 e. The van der Waals surface area contributed by atoms with E-state index in [0.717, 1.165) is 51.7 Å². The molecule has 1 N–H and O–H groups in total. The lowest BCUT2D eigenvalue weighted by molar-refractivity contribution is -0.141. The van der Waals surface area contributed by atoms with Crippen molar-refractivity contribution >= 4 is 11.8 Å². The molecule has 0 aromatic rings. The van der Waals surface area contributed by atoms with Crippen molar-refractivity contribution in [2.45, 2.75) is 57.0 Å². The quantitative estimate of drug-likeness (QED) is 0.554. The number of likely N-dealkylation sites (tertiary alicyclic amines) is 1. The number of unbranched alkanes of at least 4 members (excludes halogenated alkanes) is 1. The van der Waals surface area contributed by atoms with E-state index in [1.165, 1.54) is 4.90 Å². The molecular formula is C14H24N2O3. The summed E-state index contributed by atoms with van der Waals surface area (Å²) in [4.78, 5) is 25.7. The maximum Gasteiger partial charge on any atom is 0.247 e. The highest BCUT2D eigenvalue weighted by molar-refractivity contribution is 6.05. The van der Waals surface area contributed by atoms with Crippen molar-refractivity contribution in [2.75, 3.05) is 20.3 Å². The van der Waals surface area contributed by atoms with Crippen molar-refractivity contribution in [2.24, 2.45) is 0 Å². The molecule has 5 nitrogen and oxygen atoms in total. The van der Waals surface area contributed by atoms with Gasteiger partial charge in [0.2, 0.25) is 11.8 Å². The van der Waals surface area contributed by atoms with E-state index in [4.69, 9.17) is 4.74 Å². The van der Waals surface area contributed by atoms with Crippen molar-refractivity contribution < 1.29 is 14.3 Å². The number of hydrogen-bond acceptors (Lipinski definition) is 4. The van der Waals surface area contributed by atoms with Crippen LogP contribution in [0.25, 0.3) is 0 Å². The molecule has 2 fully saturated rings. The first-order valence-electron chi connectivity index (χ1n) is 7.32. The summed E-state index contributed by atoms with van der Waals surface area (Å²) in [6.45, 7) is 1.51. The van der Waals surface area contributed by atoms with E-state index in [1.807, 2.05) is 0 Å². The van der Waals surface area contributed by atoms with Crippen LogP contribution in [0.15, 0.2) is 0 Å². The first-order valence-corrected chi connectivity index (χ1v) is 7.32. The summed E-state index contributed by atoms with van der Waals surface area (Å²) in [6, 6.07) is -0.129. The van der Waals surface area contributed by atoms with Gasteiger partial charge in [0.1, 0.15) is 0 Å². The van der Waals surface area contributed by atoms with Gasteiger partial charge in [0.25, 0.3) is 0 Å². The molecule has 1 unspecified atom stereocenters. The number of ether oxygens (including phenoxy) is 1. The third kappa shape index (κ3) is 3.54. The zero-order chi connectivity index (χ0) is 13.7. The highest BCUT2D eigenvalue weighted by atomic mass is 16.5. The highest BCUT2D eigenvalue weighted by Crippen LogP contribution is 2.28. The van der Waals surface area contributed by atoms with Crippen LogP contribution in [0.3, 0.4) is 0 Å². The van der Waals surface area contributed by atoms with E-state index >= 15 is 0 Å². The maximum absolute atomic E-state index is 12.2. The first kappa shape index (κ1) is 14.5. The van der Waals surface area contributed by atoms with Gasteiger partial charge in [0, 0.05) is 19.8 Å². The van der Waals surface area contributed by atoms with Gasteiger partial charge in [-0.1, -0.05) is 12.8 Å². The summed E-state index contributed by atoms with van der Waals surface area (Å²) in [5.74, 6) is -0.00469. The lowest BCUT2D eigenvalue weighted by Crippen LogP contribution is -2.43. The zero-order valence-corrected chi connectivity index (χ0v) is 11.7. The molecule has 1 aliphatic heterocycles. The standard InChI is InChI=1S/C14H24N2O3/c1-19-9-5-4-8-15-12-10-13(17)16(14(12)18)11-6-2-3-7-11/h11-12,15H,2-10H2,1H3. The van der Waals surface area contributed by atoms with Crippen LogP contribution >= 0.6 is 0 Å². The lowest BCUT2D eigenvalue weighted by atomic mass is 10.2. The number of hydrogen-bond donors (Lipinski definition) is 1. The van der Waals surface area contributed by atoms with E-state index in [1.54, 1.807) is 7.11 Å². The van der Waals surface area contributed by atoms with Crippen LogP contribution in [-0.2, 0) is 14.3 Å². The van der Waals surface area contributed by atoms with Gasteiger partial charge in [0.15, 0.2) is 0 Å². The number of amides is 2. The van der Waals surface area contributed by atoms with Crippen LogP contribution in [0.4, 0.5) is 0 Å². The second-order valence-corrected chi connectivity index (χ2v) is 5.45. The predicted molar refractivity (Wildman–Crippen MR) is 71.6 cm³/mol. The largest absolute Gasteiger partial charge is 0.385 e. The Labute approximate surface area is 114 Å². The summed E-state index contributed by atoms with van der Waals surface area (Å²) in [6.07, 6.45) is 6.52. The molecule has 2 amide bonds. The van der Waals surface area contributed by atoms with E-state index in [0.29, 0.717) is 6.42 Å². The Hall–Kier alpha value is -0.940. The number of methoxy groups -OCH3 is 1. The second kappa shape index (κ2) is 7.01. The minimum Gasteiger partial charge on any atom is -0.385 e. The molecule has 1 saturated carbocycles. The number of rotatable bonds is 7. The SMILES string of the molecule is COCCCCNC1CC(=O)N(C2CCCC2)C1=O. The van der Waals surface area contributed by atoms with Crippen LogP contribution in [0.1, 0.15) is 44.9 Å². The topological polar surface area (TPSA) is 58.6 Å². The Bertz CT molecular complexity index is 327. The molecule has 5 heteroatoms. The van der Waals surface area contributed by atoms with E-state index in [2.05, 4.69) is 5.32 Å². The Morgan fingerprint density at radius 2 is 2.00 bits per heavy atom. The number of carbonyl (C=O) groups is 2. The molecule has 19 heavy (non-hydrogen) atoms. The Balaban J connectivity index is 1.77. The lowest BCUT2D eigenvalue weighted by Gasteiger charge is -2.22. The number of nitrogens with one attached hydrogen (secondary N) is 1. The summed E-state index contributed by atoms with van der Waals surface area (Å²) in [7, 11) is 1.69. The molecule has 1 aliphatic carbocycles. The van der Waals surface area contributed by atoms with Crippen molar-refractivity contribution in [3.8, 4) is 0 Å². The normalized spacial score (nSPS) is 24.7. The summed E-state index contributed by atoms with van der Waals surface area (Å²) in [5.41, 5.74) is 0. The molecular weight excluding hydrogens is 244 g/mol. The number of carbonyl (C=O) groups excluding carboxylic acids is 2. The first-order chi connectivity index (χ1) is 9.24. The summed E-state index contributed by atoms with van der Waals surface area (Å²) >= 11 is 0. The van der Waals surface area contributed by atoms with Crippen LogP contribution in [-0.4, -0.2) is 49.1 Å². The maximum atomic E-state index is 12.2. The van der Waals surface area contributed by atoms with Gasteiger partial charge in [-0.15, -0.1) is 0 Å². The molecule has 0 aromatic carbocycles. The van der Waals surface area contributed by atoms with Gasteiger partial charge in [0.05, 0.1) is 12.5 Å². The average Bonchev–Trinajstić information content (AvgIpc) is 2.98. The van der Waals surface area contributed by atoms with Gasteiger partial charge in [-0.25, -0.2) is 0 Å². The van der Waals surface area contributed by atoms with Crippen LogP contribution in [0, 0.1) is 0 Å². The fraction of sp³-hybridized carbons (Fsp3) is 0.857. The zero-order valence-electron chi connectivity index (χ0n) is 11.7. The van der Waals surface area contributed by atoms with Crippen LogP contribution in [0.5, 0.6) is 0 Å². The fourth-order valence-corrected chi connectivity index (χ4v) is 3.00. The number of imide groups is 1. The van der Waals surface area contributed by atoms with Crippen molar-refractivity contribution in [3.63, 3.8) is 0 Å². The van der Waals surface area contributed by atoms with E-state index in [9.17, 15) is 9.59 Å². The summed E-state index contributed by atoms with van der Waals surface area (Å²) < 4.78 is 4.98. The average molecular weight is 268 g/mol. The van der Waals surface area contributed by atoms with Gasteiger partial charge in [-0.05, 0) is 32.2 Å². The van der Waals surface area contributed by atoms with Crippen molar-refractivity contribution in [1.29, 1.82) is 0 Å². The minimum atomic E-state index is -0.296. The van der Waals surface area contributed by atoms with E-state index in [-0.39, 0.29) is 23.9 Å². The van der Waals surface area contributed by atoms with Crippen LogP contribution < -0.4 is 5.32 Å². The third-order valence-corrected chi connectivity index (χ3v) is 4.04. The third-order valence-electron chi connectivity index (χ3n) is 4.04. The molecule has 1 heterocycles. The highest BCUT2D eigenvalue weighted by Gasteiger charge is 2.42. The molecule has 0 bridgehead atoms. The molecule has 1 atom stereocenters. The van der Waals surface area contributed by atoms with E-state index < -0.39 is 0 Å².